The first-order chi connectivity index (χ1) is 7.79. The molecule has 0 bridgehead atoms. The van der Waals surface area contributed by atoms with E-state index in [2.05, 4.69) is 20.2 Å². The van der Waals surface area contributed by atoms with Gasteiger partial charge in [-0.1, -0.05) is 0 Å². The Morgan fingerprint density at radius 2 is 2.00 bits per heavy atom. The van der Waals surface area contributed by atoms with E-state index < -0.39 is 0 Å². The Kier molecular flexibility index (Phi) is 6.64. The minimum atomic E-state index is 0.692. The Morgan fingerprint density at radius 3 is 2.69 bits per heavy atom. The summed E-state index contributed by atoms with van der Waals surface area (Å²) in [6.45, 7) is 3.97. The predicted octanol–water partition coefficient (Wildman–Crippen LogP) is 0.144. The molecule has 1 N–H and O–H groups in total. The smallest absolute Gasteiger partial charge is 0.141 e. The molecule has 0 unspecified atom stereocenters. The van der Waals surface area contributed by atoms with Crippen molar-refractivity contribution in [2.75, 3.05) is 40.4 Å². The van der Waals surface area contributed by atoms with Crippen molar-refractivity contribution in [2.24, 2.45) is 0 Å². The zero-order valence-electron chi connectivity index (χ0n) is 10.0. The largest absolute Gasteiger partial charge is 0.379 e. The SMILES string of the molecule is CN(C)CCOCCNCc1ncccn1. The molecule has 0 spiro atoms. The van der Waals surface area contributed by atoms with E-state index in [1.165, 1.54) is 0 Å². The van der Waals surface area contributed by atoms with Crippen LogP contribution in [0.5, 0.6) is 0 Å². The highest BCUT2D eigenvalue weighted by Gasteiger charge is 1.94. The monoisotopic (exact) mass is 224 g/mol. The van der Waals surface area contributed by atoms with Crippen molar-refractivity contribution in [1.82, 2.24) is 20.2 Å². The Hall–Kier alpha value is -1.04. The van der Waals surface area contributed by atoms with Gasteiger partial charge in [0.1, 0.15) is 5.82 Å². The van der Waals surface area contributed by atoms with E-state index in [1.807, 2.05) is 20.2 Å². The lowest BCUT2D eigenvalue weighted by molar-refractivity contribution is 0.119. The van der Waals surface area contributed by atoms with Gasteiger partial charge in [0.15, 0.2) is 0 Å². The van der Waals surface area contributed by atoms with Gasteiger partial charge >= 0.3 is 0 Å². The molecule has 0 aromatic carbocycles. The average molecular weight is 224 g/mol. The van der Waals surface area contributed by atoms with E-state index in [9.17, 15) is 0 Å². The molecule has 1 aromatic heterocycles. The van der Waals surface area contributed by atoms with Crippen LogP contribution in [-0.2, 0) is 11.3 Å². The summed E-state index contributed by atoms with van der Waals surface area (Å²) in [6.07, 6.45) is 3.50. The van der Waals surface area contributed by atoms with Crippen molar-refractivity contribution in [3.8, 4) is 0 Å². The summed E-state index contributed by atoms with van der Waals surface area (Å²) >= 11 is 0. The minimum Gasteiger partial charge on any atom is -0.379 e. The molecule has 16 heavy (non-hydrogen) atoms. The van der Waals surface area contributed by atoms with Gasteiger partial charge in [0.2, 0.25) is 0 Å². The van der Waals surface area contributed by atoms with Crippen molar-refractivity contribution in [1.29, 1.82) is 0 Å². The van der Waals surface area contributed by atoms with E-state index >= 15 is 0 Å². The Bertz CT molecular complexity index is 266. The molecule has 0 aliphatic carbocycles. The molecular weight excluding hydrogens is 204 g/mol. The number of aromatic nitrogens is 2. The summed E-state index contributed by atoms with van der Waals surface area (Å²) in [5, 5.41) is 3.23. The highest BCUT2D eigenvalue weighted by molar-refractivity contribution is 4.87. The maximum absolute atomic E-state index is 5.44. The van der Waals surface area contributed by atoms with Crippen LogP contribution in [-0.4, -0.2) is 55.3 Å². The van der Waals surface area contributed by atoms with E-state index in [1.54, 1.807) is 12.4 Å². The van der Waals surface area contributed by atoms with E-state index in [0.29, 0.717) is 6.54 Å². The summed E-state index contributed by atoms with van der Waals surface area (Å²) in [4.78, 5) is 10.3. The summed E-state index contributed by atoms with van der Waals surface area (Å²) in [6, 6.07) is 1.81. The third kappa shape index (κ3) is 6.44. The molecule has 0 atom stereocenters. The quantitative estimate of drug-likeness (QED) is 0.637. The first-order valence-electron chi connectivity index (χ1n) is 5.48. The molecule has 1 aromatic rings. The topological polar surface area (TPSA) is 50.3 Å². The van der Waals surface area contributed by atoms with Gasteiger partial charge in [0.05, 0.1) is 19.8 Å². The molecule has 1 heterocycles. The third-order valence-electron chi connectivity index (χ3n) is 2.01. The van der Waals surface area contributed by atoms with E-state index in [4.69, 9.17) is 4.74 Å². The normalized spacial score (nSPS) is 10.9. The van der Waals surface area contributed by atoms with Gasteiger partial charge in [0.25, 0.3) is 0 Å². The first kappa shape index (κ1) is 13.0. The van der Waals surface area contributed by atoms with Crippen LogP contribution in [0.3, 0.4) is 0 Å². The van der Waals surface area contributed by atoms with Crippen molar-refractivity contribution in [2.45, 2.75) is 6.54 Å². The van der Waals surface area contributed by atoms with Crippen LogP contribution >= 0.6 is 0 Å². The van der Waals surface area contributed by atoms with Gasteiger partial charge in [-0.15, -0.1) is 0 Å². The van der Waals surface area contributed by atoms with Crippen LogP contribution in [0.25, 0.3) is 0 Å². The molecule has 0 saturated carbocycles. The zero-order valence-corrected chi connectivity index (χ0v) is 10.0. The lowest BCUT2D eigenvalue weighted by Gasteiger charge is -2.09. The average Bonchev–Trinajstić information content (AvgIpc) is 2.29. The second-order valence-electron chi connectivity index (χ2n) is 3.76. The highest BCUT2D eigenvalue weighted by atomic mass is 16.5. The van der Waals surface area contributed by atoms with Crippen molar-refractivity contribution < 1.29 is 4.74 Å². The fraction of sp³-hybridized carbons (Fsp3) is 0.636. The van der Waals surface area contributed by atoms with Gasteiger partial charge < -0.3 is 15.0 Å². The van der Waals surface area contributed by atoms with E-state index in [0.717, 1.165) is 32.1 Å². The molecule has 0 radical (unpaired) electrons. The summed E-state index contributed by atoms with van der Waals surface area (Å²) in [5.74, 6) is 0.816. The number of hydrogen-bond donors (Lipinski definition) is 1. The number of nitrogens with zero attached hydrogens (tertiary/aromatic N) is 3. The van der Waals surface area contributed by atoms with Crippen molar-refractivity contribution in [3.63, 3.8) is 0 Å². The predicted molar refractivity (Wildman–Crippen MR) is 63.1 cm³/mol. The molecule has 0 amide bonds. The van der Waals surface area contributed by atoms with Crippen LogP contribution in [0.2, 0.25) is 0 Å². The van der Waals surface area contributed by atoms with E-state index in [-0.39, 0.29) is 0 Å². The standard InChI is InChI=1S/C11H20N4O/c1-15(2)7-9-16-8-6-12-10-11-13-4-3-5-14-11/h3-5,12H,6-10H2,1-2H3. The Labute approximate surface area is 96.8 Å². The van der Waals surface area contributed by atoms with Crippen LogP contribution < -0.4 is 5.32 Å². The molecule has 0 aliphatic rings. The highest BCUT2D eigenvalue weighted by Crippen LogP contribution is 1.85. The summed E-state index contributed by atoms with van der Waals surface area (Å²) < 4.78 is 5.44. The fourth-order valence-corrected chi connectivity index (χ4v) is 1.11. The molecule has 0 aliphatic heterocycles. The second kappa shape index (κ2) is 8.15. The number of nitrogens with one attached hydrogen (secondary N) is 1. The Morgan fingerprint density at radius 1 is 1.25 bits per heavy atom. The number of ether oxygens (including phenoxy) is 1. The van der Waals surface area contributed by atoms with Crippen molar-refractivity contribution in [3.05, 3.63) is 24.3 Å². The van der Waals surface area contributed by atoms with Gasteiger partial charge in [-0.2, -0.15) is 0 Å². The minimum absolute atomic E-state index is 0.692. The zero-order chi connectivity index (χ0) is 11.6. The summed E-state index contributed by atoms with van der Waals surface area (Å²) in [7, 11) is 4.07. The fourth-order valence-electron chi connectivity index (χ4n) is 1.11. The Balaban J connectivity index is 1.93. The molecular formula is C11H20N4O. The van der Waals surface area contributed by atoms with Gasteiger partial charge in [-0.3, -0.25) is 0 Å². The first-order valence-corrected chi connectivity index (χ1v) is 5.48. The van der Waals surface area contributed by atoms with Crippen molar-refractivity contribution >= 4 is 0 Å². The molecule has 0 fully saturated rings. The number of rotatable bonds is 8. The molecule has 5 heteroatoms. The lowest BCUT2D eigenvalue weighted by Crippen LogP contribution is -2.23. The number of hydrogen-bond acceptors (Lipinski definition) is 5. The van der Waals surface area contributed by atoms with Gasteiger partial charge in [0, 0.05) is 25.5 Å². The maximum Gasteiger partial charge on any atom is 0.141 e. The third-order valence-corrected chi connectivity index (χ3v) is 2.01. The van der Waals surface area contributed by atoms with Gasteiger partial charge in [-0.25, -0.2) is 9.97 Å². The summed E-state index contributed by atoms with van der Waals surface area (Å²) in [5.41, 5.74) is 0. The lowest BCUT2D eigenvalue weighted by atomic mass is 10.5. The van der Waals surface area contributed by atoms with Crippen LogP contribution in [0.15, 0.2) is 18.5 Å². The molecule has 1 rings (SSSR count). The second-order valence-corrected chi connectivity index (χ2v) is 3.76. The van der Waals surface area contributed by atoms with Crippen LogP contribution in [0, 0.1) is 0 Å². The number of likely N-dealkylation sites (N-methyl/N-ethyl adjacent to an activating group) is 1. The molecule has 0 saturated heterocycles. The molecule has 90 valence electrons. The van der Waals surface area contributed by atoms with Crippen LogP contribution in [0.1, 0.15) is 5.82 Å². The van der Waals surface area contributed by atoms with Gasteiger partial charge in [-0.05, 0) is 20.2 Å². The van der Waals surface area contributed by atoms with Crippen LogP contribution in [0.4, 0.5) is 0 Å². The molecule has 5 nitrogen and oxygen atoms in total. The maximum atomic E-state index is 5.44.